The fraction of sp³-hybridized carbons (Fsp3) is 0.458. The summed E-state index contributed by atoms with van der Waals surface area (Å²) in [6.45, 7) is 8.58. The third-order valence-corrected chi connectivity index (χ3v) is 7.24. The van der Waals surface area contributed by atoms with Crippen LogP contribution in [0.1, 0.15) is 66.0 Å². The van der Waals surface area contributed by atoms with Crippen LogP contribution in [0.15, 0.2) is 34.9 Å². The Kier molecular flexibility index (Phi) is 5.96. The number of carbonyl (C=O) groups excluding carboxylic acids is 1. The Morgan fingerprint density at radius 2 is 2.07 bits per heavy atom. The highest BCUT2D eigenvalue weighted by atomic mass is 79.9. The molecule has 158 valence electrons. The van der Waals surface area contributed by atoms with Gasteiger partial charge in [-0.05, 0) is 55.4 Å². The van der Waals surface area contributed by atoms with Gasteiger partial charge in [-0.1, -0.05) is 54.8 Å². The van der Waals surface area contributed by atoms with Crippen molar-refractivity contribution in [2.45, 2.75) is 59.4 Å². The van der Waals surface area contributed by atoms with Crippen LogP contribution in [0, 0.1) is 25.7 Å². The third kappa shape index (κ3) is 4.02. The Morgan fingerprint density at radius 3 is 2.83 bits per heavy atom. The van der Waals surface area contributed by atoms with Crippen molar-refractivity contribution >= 4 is 27.5 Å². The number of hydrogen-bond donors (Lipinski definition) is 1. The molecule has 0 saturated heterocycles. The fourth-order valence-electron chi connectivity index (χ4n) is 4.61. The van der Waals surface area contributed by atoms with Crippen molar-refractivity contribution in [1.29, 1.82) is 0 Å². The largest absolute Gasteiger partial charge is 0.349 e. The van der Waals surface area contributed by atoms with Gasteiger partial charge in [0.2, 0.25) is 0 Å². The van der Waals surface area contributed by atoms with Gasteiger partial charge >= 0.3 is 0 Å². The van der Waals surface area contributed by atoms with E-state index >= 15 is 0 Å². The molecule has 0 aliphatic heterocycles. The van der Waals surface area contributed by atoms with Gasteiger partial charge in [-0.25, -0.2) is 9.50 Å². The molecule has 1 aliphatic carbocycles. The first-order valence-corrected chi connectivity index (χ1v) is 11.5. The molecule has 1 amide bonds. The van der Waals surface area contributed by atoms with Crippen molar-refractivity contribution in [2.24, 2.45) is 11.8 Å². The summed E-state index contributed by atoms with van der Waals surface area (Å²) in [7, 11) is 0. The summed E-state index contributed by atoms with van der Waals surface area (Å²) in [6.07, 6.45) is 5.88. The number of amides is 1. The number of rotatable bonds is 4. The lowest BCUT2D eigenvalue weighted by molar-refractivity contribution is 0.0892. The van der Waals surface area contributed by atoms with Gasteiger partial charge in [-0.2, -0.15) is 5.10 Å². The SMILES string of the molecule is Cc1nc2c(C(=O)N[C@@H]3CCC[C@H](C)[C@@H]3C)cnn2c(C)c1Cc1cccc(Br)c1. The first kappa shape index (κ1) is 21.0. The van der Waals surface area contributed by atoms with E-state index in [4.69, 9.17) is 4.98 Å². The second-order valence-electron chi connectivity index (χ2n) is 8.71. The van der Waals surface area contributed by atoms with E-state index in [-0.39, 0.29) is 11.9 Å². The number of nitrogens with zero attached hydrogens (tertiary/aromatic N) is 3. The first-order valence-electron chi connectivity index (χ1n) is 10.7. The van der Waals surface area contributed by atoms with E-state index in [2.05, 4.69) is 59.2 Å². The molecule has 1 N–H and O–H groups in total. The van der Waals surface area contributed by atoms with Crippen LogP contribution >= 0.6 is 15.9 Å². The van der Waals surface area contributed by atoms with Crippen LogP contribution in [-0.4, -0.2) is 26.5 Å². The van der Waals surface area contributed by atoms with Gasteiger partial charge in [0.05, 0.1) is 6.20 Å². The van der Waals surface area contributed by atoms with E-state index in [1.807, 2.05) is 23.6 Å². The van der Waals surface area contributed by atoms with Crippen LogP contribution in [-0.2, 0) is 6.42 Å². The van der Waals surface area contributed by atoms with Crippen LogP contribution in [0.5, 0.6) is 0 Å². The predicted octanol–water partition coefficient (Wildman–Crippen LogP) is 5.25. The van der Waals surface area contributed by atoms with Gasteiger partial charge in [0.15, 0.2) is 5.65 Å². The maximum absolute atomic E-state index is 13.1. The van der Waals surface area contributed by atoms with Gasteiger partial charge in [0.1, 0.15) is 5.56 Å². The van der Waals surface area contributed by atoms with Crippen molar-refractivity contribution in [3.05, 3.63) is 63.0 Å². The van der Waals surface area contributed by atoms with E-state index in [1.54, 1.807) is 6.20 Å². The molecule has 0 unspecified atom stereocenters. The minimum absolute atomic E-state index is 0.0676. The zero-order valence-corrected chi connectivity index (χ0v) is 19.7. The standard InChI is InChI=1S/C24H29BrN4O/c1-14-7-5-10-22(15(14)2)28-24(30)21-13-26-29-17(4)20(16(3)27-23(21)29)12-18-8-6-9-19(25)11-18/h6,8-9,11,13-15,22H,5,7,10,12H2,1-4H3,(H,28,30)/t14-,15-,22+/m0/s1. The summed E-state index contributed by atoms with van der Waals surface area (Å²) in [5.41, 5.74) is 5.51. The highest BCUT2D eigenvalue weighted by Crippen LogP contribution is 2.30. The van der Waals surface area contributed by atoms with Crippen LogP contribution in [0.3, 0.4) is 0 Å². The molecule has 0 spiro atoms. The molecule has 1 fully saturated rings. The Balaban J connectivity index is 1.63. The van der Waals surface area contributed by atoms with Gasteiger partial charge in [0.25, 0.3) is 5.91 Å². The second kappa shape index (κ2) is 8.50. The average Bonchev–Trinajstić information content (AvgIpc) is 3.13. The van der Waals surface area contributed by atoms with Gasteiger partial charge in [-0.3, -0.25) is 4.79 Å². The molecule has 1 aromatic carbocycles. The second-order valence-corrected chi connectivity index (χ2v) is 9.62. The lowest BCUT2D eigenvalue weighted by Gasteiger charge is -2.34. The van der Waals surface area contributed by atoms with E-state index in [0.29, 0.717) is 23.0 Å². The first-order chi connectivity index (χ1) is 14.3. The monoisotopic (exact) mass is 468 g/mol. The summed E-state index contributed by atoms with van der Waals surface area (Å²) in [6, 6.07) is 8.52. The smallest absolute Gasteiger partial charge is 0.256 e. The number of halogens is 1. The maximum Gasteiger partial charge on any atom is 0.256 e. The number of benzene rings is 1. The van der Waals surface area contributed by atoms with Gasteiger partial charge in [0, 0.05) is 28.3 Å². The highest BCUT2D eigenvalue weighted by molar-refractivity contribution is 9.10. The molecule has 5 nitrogen and oxygen atoms in total. The van der Waals surface area contributed by atoms with Gasteiger partial charge in [-0.15, -0.1) is 0 Å². The van der Waals surface area contributed by atoms with Crippen molar-refractivity contribution < 1.29 is 4.79 Å². The Labute approximate surface area is 186 Å². The van der Waals surface area contributed by atoms with E-state index in [9.17, 15) is 4.79 Å². The molecular weight excluding hydrogens is 440 g/mol. The average molecular weight is 469 g/mol. The molecule has 2 aromatic heterocycles. The van der Waals surface area contributed by atoms with Gasteiger partial charge < -0.3 is 5.32 Å². The minimum Gasteiger partial charge on any atom is -0.349 e. The van der Waals surface area contributed by atoms with E-state index in [0.717, 1.165) is 34.3 Å². The molecule has 0 radical (unpaired) electrons. The summed E-state index contributed by atoms with van der Waals surface area (Å²) in [4.78, 5) is 17.9. The molecule has 1 aliphatic rings. The quantitative estimate of drug-likeness (QED) is 0.568. The Bertz CT molecular complexity index is 1090. The van der Waals surface area contributed by atoms with Crippen molar-refractivity contribution in [1.82, 2.24) is 19.9 Å². The molecule has 1 saturated carbocycles. The summed E-state index contributed by atoms with van der Waals surface area (Å²) < 4.78 is 2.87. The molecule has 3 aromatic rings. The number of fused-ring (bicyclic) bond motifs is 1. The van der Waals surface area contributed by atoms with E-state index < -0.39 is 0 Å². The highest BCUT2D eigenvalue weighted by Gasteiger charge is 2.29. The van der Waals surface area contributed by atoms with Crippen LogP contribution in [0.25, 0.3) is 5.65 Å². The summed E-state index contributed by atoms with van der Waals surface area (Å²) >= 11 is 3.54. The number of aromatic nitrogens is 3. The maximum atomic E-state index is 13.1. The molecular formula is C24H29BrN4O. The predicted molar refractivity (Wildman–Crippen MR) is 123 cm³/mol. The zero-order chi connectivity index (χ0) is 21.4. The number of carbonyl (C=O) groups is 1. The van der Waals surface area contributed by atoms with Crippen molar-refractivity contribution in [2.75, 3.05) is 0 Å². The lowest BCUT2D eigenvalue weighted by atomic mass is 9.78. The summed E-state index contributed by atoms with van der Waals surface area (Å²) in [5.74, 6) is 1.05. The molecule has 4 rings (SSSR count). The third-order valence-electron chi connectivity index (χ3n) is 6.75. The lowest BCUT2D eigenvalue weighted by Crippen LogP contribution is -2.43. The number of nitrogens with one attached hydrogen (secondary N) is 1. The summed E-state index contributed by atoms with van der Waals surface area (Å²) in [5, 5.41) is 7.77. The number of hydrogen-bond acceptors (Lipinski definition) is 3. The van der Waals surface area contributed by atoms with Crippen molar-refractivity contribution in [3.63, 3.8) is 0 Å². The Morgan fingerprint density at radius 1 is 1.27 bits per heavy atom. The van der Waals surface area contributed by atoms with Crippen LogP contribution in [0.4, 0.5) is 0 Å². The zero-order valence-electron chi connectivity index (χ0n) is 18.1. The molecule has 2 heterocycles. The molecule has 0 bridgehead atoms. The number of aryl methyl sites for hydroxylation is 2. The normalized spacial score (nSPS) is 21.7. The fourth-order valence-corrected chi connectivity index (χ4v) is 5.06. The topological polar surface area (TPSA) is 59.3 Å². The minimum atomic E-state index is -0.0676. The Hall–Kier alpha value is -2.21. The van der Waals surface area contributed by atoms with E-state index in [1.165, 1.54) is 18.4 Å². The molecule has 6 heteroatoms. The van der Waals surface area contributed by atoms with Crippen LogP contribution < -0.4 is 5.32 Å². The molecule has 3 atom stereocenters. The van der Waals surface area contributed by atoms with Crippen molar-refractivity contribution in [3.8, 4) is 0 Å². The molecule has 30 heavy (non-hydrogen) atoms. The van der Waals surface area contributed by atoms with Crippen LogP contribution in [0.2, 0.25) is 0 Å².